The fourth-order valence-electron chi connectivity index (χ4n) is 1.88. The van der Waals surface area contributed by atoms with E-state index in [1.165, 1.54) is 0 Å². The molecule has 0 radical (unpaired) electrons. The van der Waals surface area contributed by atoms with Crippen molar-refractivity contribution in [2.75, 3.05) is 5.32 Å². The highest BCUT2D eigenvalue weighted by molar-refractivity contribution is 5.83. The zero-order chi connectivity index (χ0) is 14.2. The third-order valence-electron chi connectivity index (χ3n) is 2.92. The smallest absolute Gasteiger partial charge is 0.413 e. The highest BCUT2D eigenvalue weighted by atomic mass is 16.6. The molecule has 2 rings (SSSR count). The van der Waals surface area contributed by atoms with Crippen molar-refractivity contribution in [2.24, 2.45) is 13.0 Å². The van der Waals surface area contributed by atoms with Gasteiger partial charge in [0.2, 0.25) is 0 Å². The van der Waals surface area contributed by atoms with Gasteiger partial charge >= 0.3 is 6.09 Å². The Morgan fingerprint density at radius 2 is 2.21 bits per heavy atom. The van der Waals surface area contributed by atoms with Crippen molar-refractivity contribution in [1.29, 1.82) is 0 Å². The number of aromatic nitrogens is 2. The number of hydrogen-bond acceptors (Lipinski definition) is 4. The summed E-state index contributed by atoms with van der Waals surface area (Å²) in [6.07, 6.45) is 1.03. The van der Waals surface area contributed by atoms with E-state index in [1.807, 2.05) is 0 Å². The van der Waals surface area contributed by atoms with E-state index in [1.54, 1.807) is 38.6 Å². The molecule has 6 heteroatoms. The Hall–Kier alpha value is -1.56. The fraction of sp³-hybridized carbons (Fsp3) is 0.692. The zero-order valence-corrected chi connectivity index (χ0v) is 11.8. The summed E-state index contributed by atoms with van der Waals surface area (Å²) in [5.74, 6) is 0.719. The minimum absolute atomic E-state index is 0.324. The largest absolute Gasteiger partial charge is 0.444 e. The number of hydrogen-bond donors (Lipinski definition) is 2. The van der Waals surface area contributed by atoms with Crippen molar-refractivity contribution in [3.63, 3.8) is 0 Å². The van der Waals surface area contributed by atoms with Crippen LogP contribution in [0.2, 0.25) is 0 Å². The maximum Gasteiger partial charge on any atom is 0.413 e. The molecule has 2 N–H and O–H groups in total. The van der Waals surface area contributed by atoms with Gasteiger partial charge in [-0.05, 0) is 39.5 Å². The van der Waals surface area contributed by atoms with E-state index < -0.39 is 17.8 Å². The summed E-state index contributed by atoms with van der Waals surface area (Å²) in [5, 5.41) is 16.8. The summed E-state index contributed by atoms with van der Waals surface area (Å²) in [4.78, 5) is 11.6. The lowest BCUT2D eigenvalue weighted by Gasteiger charge is -2.18. The summed E-state index contributed by atoms with van der Waals surface area (Å²) in [6.45, 7) is 5.40. The molecule has 1 heterocycles. The van der Waals surface area contributed by atoms with Crippen LogP contribution in [-0.4, -0.2) is 26.6 Å². The number of rotatable bonds is 3. The number of amides is 1. The SMILES string of the molecule is Cn1nc(NC(=O)OC(C)(C)C)cc1C(O)C1CC1. The Morgan fingerprint density at radius 1 is 1.58 bits per heavy atom. The molecular weight excluding hydrogens is 246 g/mol. The summed E-state index contributed by atoms with van der Waals surface area (Å²) in [7, 11) is 1.75. The molecule has 6 nitrogen and oxygen atoms in total. The van der Waals surface area contributed by atoms with E-state index in [0.717, 1.165) is 12.8 Å². The molecule has 1 amide bonds. The van der Waals surface area contributed by atoms with Crippen LogP contribution in [0.4, 0.5) is 10.6 Å². The van der Waals surface area contributed by atoms with E-state index >= 15 is 0 Å². The Bertz CT molecular complexity index is 472. The van der Waals surface area contributed by atoms with E-state index in [4.69, 9.17) is 4.74 Å². The van der Waals surface area contributed by atoms with Crippen molar-refractivity contribution in [2.45, 2.75) is 45.3 Å². The van der Waals surface area contributed by atoms with Crippen molar-refractivity contribution in [3.8, 4) is 0 Å². The number of carbonyl (C=O) groups excluding carboxylic acids is 1. The molecule has 0 spiro atoms. The topological polar surface area (TPSA) is 76.4 Å². The quantitative estimate of drug-likeness (QED) is 0.880. The highest BCUT2D eigenvalue weighted by Crippen LogP contribution is 2.41. The molecule has 0 saturated heterocycles. The standard InChI is InChI=1S/C13H21N3O3/c1-13(2,3)19-12(18)14-10-7-9(16(4)15-10)11(17)8-5-6-8/h7-8,11,17H,5-6H2,1-4H3,(H,14,15,18). The van der Waals surface area contributed by atoms with Crippen LogP contribution in [0.15, 0.2) is 6.07 Å². The zero-order valence-electron chi connectivity index (χ0n) is 11.8. The number of aliphatic hydroxyl groups is 1. The predicted molar refractivity (Wildman–Crippen MR) is 70.7 cm³/mol. The average molecular weight is 267 g/mol. The molecular formula is C13H21N3O3. The van der Waals surface area contributed by atoms with Crippen LogP contribution in [0.25, 0.3) is 0 Å². The van der Waals surface area contributed by atoms with Crippen molar-refractivity contribution in [1.82, 2.24) is 9.78 Å². The summed E-state index contributed by atoms with van der Waals surface area (Å²) < 4.78 is 6.74. The maximum absolute atomic E-state index is 11.6. The summed E-state index contributed by atoms with van der Waals surface area (Å²) in [6, 6.07) is 1.69. The Labute approximate surface area is 112 Å². The molecule has 1 saturated carbocycles. The van der Waals surface area contributed by atoms with Gasteiger partial charge in [-0.2, -0.15) is 5.10 Å². The number of nitrogens with zero attached hydrogens (tertiary/aromatic N) is 2. The lowest BCUT2D eigenvalue weighted by molar-refractivity contribution is 0.0635. The molecule has 0 aromatic carbocycles. The van der Waals surface area contributed by atoms with Gasteiger partial charge in [-0.1, -0.05) is 0 Å². The predicted octanol–water partition coefficient (Wildman–Crippen LogP) is 2.21. The van der Waals surface area contributed by atoms with Gasteiger partial charge in [0, 0.05) is 13.1 Å². The molecule has 0 bridgehead atoms. The van der Waals surface area contributed by atoms with E-state index in [2.05, 4.69) is 10.4 Å². The number of carbonyl (C=O) groups is 1. The van der Waals surface area contributed by atoms with Crippen LogP contribution in [0, 0.1) is 5.92 Å². The minimum Gasteiger partial charge on any atom is -0.444 e. The second-order valence-electron chi connectivity index (χ2n) is 5.99. The lowest BCUT2D eigenvalue weighted by Crippen LogP contribution is -2.27. The first-order chi connectivity index (χ1) is 8.76. The summed E-state index contributed by atoms with van der Waals surface area (Å²) >= 11 is 0. The second kappa shape index (κ2) is 4.85. The minimum atomic E-state index is -0.546. The normalized spacial score (nSPS) is 17.1. The van der Waals surface area contributed by atoms with Gasteiger partial charge < -0.3 is 9.84 Å². The first-order valence-corrected chi connectivity index (χ1v) is 6.48. The molecule has 1 fully saturated rings. The molecule has 1 unspecified atom stereocenters. The van der Waals surface area contributed by atoms with Crippen LogP contribution >= 0.6 is 0 Å². The number of aliphatic hydroxyl groups excluding tert-OH is 1. The van der Waals surface area contributed by atoms with Crippen LogP contribution in [0.5, 0.6) is 0 Å². The van der Waals surface area contributed by atoms with E-state index in [-0.39, 0.29) is 0 Å². The van der Waals surface area contributed by atoms with Crippen LogP contribution in [-0.2, 0) is 11.8 Å². The highest BCUT2D eigenvalue weighted by Gasteiger charge is 2.33. The molecule has 1 atom stereocenters. The van der Waals surface area contributed by atoms with Crippen molar-refractivity contribution in [3.05, 3.63) is 11.8 Å². The van der Waals surface area contributed by atoms with E-state index in [0.29, 0.717) is 17.4 Å². The van der Waals surface area contributed by atoms with Gasteiger partial charge in [0.25, 0.3) is 0 Å². The van der Waals surface area contributed by atoms with Crippen LogP contribution < -0.4 is 5.32 Å². The van der Waals surface area contributed by atoms with Crippen molar-refractivity contribution < 1.29 is 14.6 Å². The average Bonchev–Trinajstić information content (AvgIpc) is 3.00. The van der Waals surface area contributed by atoms with Gasteiger partial charge in [0.1, 0.15) is 5.60 Å². The number of aryl methyl sites for hydroxylation is 1. The third kappa shape index (κ3) is 3.70. The lowest BCUT2D eigenvalue weighted by atomic mass is 10.1. The third-order valence-corrected chi connectivity index (χ3v) is 2.92. The molecule has 0 aliphatic heterocycles. The molecule has 1 aliphatic rings. The summed E-state index contributed by atoms with van der Waals surface area (Å²) in [5.41, 5.74) is 0.170. The molecule has 106 valence electrons. The fourth-order valence-corrected chi connectivity index (χ4v) is 1.88. The first-order valence-electron chi connectivity index (χ1n) is 6.48. The van der Waals surface area contributed by atoms with Gasteiger partial charge in [0.15, 0.2) is 5.82 Å². The van der Waals surface area contributed by atoms with Gasteiger partial charge in [-0.25, -0.2) is 4.79 Å². The number of nitrogens with one attached hydrogen (secondary N) is 1. The van der Waals surface area contributed by atoms with Crippen molar-refractivity contribution >= 4 is 11.9 Å². The molecule has 1 aliphatic carbocycles. The maximum atomic E-state index is 11.6. The van der Waals surface area contributed by atoms with E-state index in [9.17, 15) is 9.90 Å². The Balaban J connectivity index is 2.01. The van der Waals surface area contributed by atoms with Gasteiger partial charge in [0.05, 0.1) is 11.8 Å². The first kappa shape index (κ1) is 13.9. The monoisotopic (exact) mass is 267 g/mol. The molecule has 19 heavy (non-hydrogen) atoms. The Kier molecular flexibility index (Phi) is 3.54. The Morgan fingerprint density at radius 3 is 2.74 bits per heavy atom. The van der Waals surface area contributed by atoms with Crippen LogP contribution in [0.3, 0.4) is 0 Å². The molecule has 1 aromatic rings. The van der Waals surface area contributed by atoms with Crippen LogP contribution in [0.1, 0.15) is 45.4 Å². The van der Waals surface area contributed by atoms with Gasteiger partial charge in [-0.15, -0.1) is 0 Å². The second-order valence-corrected chi connectivity index (χ2v) is 5.99. The van der Waals surface area contributed by atoms with Gasteiger partial charge in [-0.3, -0.25) is 10.00 Å². The number of ether oxygens (including phenoxy) is 1. The molecule has 1 aromatic heterocycles. The number of anilines is 1.